The minimum atomic E-state index is -0.0757. The highest BCUT2D eigenvalue weighted by molar-refractivity contribution is 6.07. The number of hydrogen-bond acceptors (Lipinski definition) is 4. The number of piperazine rings is 1. The van der Waals surface area contributed by atoms with Gasteiger partial charge in [0.2, 0.25) is 0 Å². The number of para-hydroxylation sites is 1. The van der Waals surface area contributed by atoms with Gasteiger partial charge in [-0.3, -0.25) is 10.2 Å². The van der Waals surface area contributed by atoms with Crippen molar-refractivity contribution in [2.45, 2.75) is 13.8 Å². The number of nitrogens with one attached hydrogen (secondary N) is 1. The quantitative estimate of drug-likeness (QED) is 0.763. The number of rotatable bonds is 3. The van der Waals surface area contributed by atoms with Crippen LogP contribution in [0.5, 0.6) is 0 Å². The predicted molar refractivity (Wildman–Crippen MR) is 113 cm³/mol. The minimum Gasteiger partial charge on any atom is -0.304 e. The molecule has 0 radical (unpaired) electrons. The van der Waals surface area contributed by atoms with Gasteiger partial charge in [0.05, 0.1) is 16.8 Å². The van der Waals surface area contributed by atoms with E-state index < -0.39 is 0 Å². The van der Waals surface area contributed by atoms with Crippen LogP contribution in [0, 0.1) is 13.8 Å². The Labute approximate surface area is 166 Å². The molecule has 4 rings (SSSR count). The summed E-state index contributed by atoms with van der Waals surface area (Å²) in [6.07, 6.45) is 0. The van der Waals surface area contributed by atoms with Gasteiger partial charge in [-0.15, -0.1) is 0 Å². The van der Waals surface area contributed by atoms with Crippen LogP contribution in [0.2, 0.25) is 0 Å². The van der Waals surface area contributed by atoms with Gasteiger partial charge in [-0.2, -0.15) is 0 Å². The van der Waals surface area contributed by atoms with Gasteiger partial charge in [0.1, 0.15) is 0 Å². The van der Waals surface area contributed by atoms with Gasteiger partial charge in [-0.25, -0.2) is 9.99 Å². The first kappa shape index (κ1) is 18.6. The Balaban J connectivity index is 1.72. The second-order valence-corrected chi connectivity index (χ2v) is 7.60. The van der Waals surface area contributed by atoms with Gasteiger partial charge < -0.3 is 4.90 Å². The molecule has 0 aliphatic carbocycles. The Bertz CT molecular complexity index is 1020. The molecule has 0 spiro atoms. The number of carbonyl (C=O) groups is 1. The average Bonchev–Trinajstić information content (AvgIpc) is 2.71. The molecular weight excluding hydrogens is 348 g/mol. The van der Waals surface area contributed by atoms with Crippen molar-refractivity contribution in [1.29, 1.82) is 0 Å². The Morgan fingerprint density at radius 1 is 0.964 bits per heavy atom. The number of nitrogens with zero attached hydrogens (tertiary/aromatic N) is 3. The van der Waals surface area contributed by atoms with E-state index in [9.17, 15) is 4.79 Å². The lowest BCUT2D eigenvalue weighted by Crippen LogP contribution is -2.52. The Hall–Kier alpha value is -2.76. The second-order valence-electron chi connectivity index (χ2n) is 7.60. The maximum Gasteiger partial charge on any atom is 0.266 e. The third-order valence-corrected chi connectivity index (χ3v) is 5.53. The van der Waals surface area contributed by atoms with Crippen molar-refractivity contribution in [3.63, 3.8) is 0 Å². The van der Waals surface area contributed by atoms with Crippen molar-refractivity contribution in [2.24, 2.45) is 0 Å². The highest BCUT2D eigenvalue weighted by atomic mass is 16.2. The third-order valence-electron chi connectivity index (χ3n) is 5.53. The number of benzene rings is 2. The molecule has 5 nitrogen and oxygen atoms in total. The average molecular weight is 374 g/mol. The summed E-state index contributed by atoms with van der Waals surface area (Å²) in [5, 5.41) is 2.88. The molecule has 5 heteroatoms. The molecule has 2 aromatic carbocycles. The largest absolute Gasteiger partial charge is 0.304 e. The second kappa shape index (κ2) is 7.70. The lowest BCUT2D eigenvalue weighted by molar-refractivity contribution is 0.0664. The van der Waals surface area contributed by atoms with E-state index in [1.807, 2.05) is 35.3 Å². The van der Waals surface area contributed by atoms with E-state index in [2.05, 4.69) is 49.4 Å². The zero-order valence-corrected chi connectivity index (χ0v) is 16.7. The first-order valence-corrected chi connectivity index (χ1v) is 9.73. The Morgan fingerprint density at radius 2 is 1.71 bits per heavy atom. The molecule has 3 aromatic rings. The van der Waals surface area contributed by atoms with Gasteiger partial charge in [-0.05, 0) is 50.2 Å². The number of pyridine rings is 1. The molecule has 1 N–H and O–H groups in total. The van der Waals surface area contributed by atoms with Crippen LogP contribution in [0.3, 0.4) is 0 Å². The number of hydrazine groups is 1. The van der Waals surface area contributed by atoms with E-state index in [4.69, 9.17) is 4.98 Å². The molecule has 0 unspecified atom stereocenters. The number of aryl methyl sites for hydroxylation is 2. The summed E-state index contributed by atoms with van der Waals surface area (Å²) in [6.45, 7) is 7.75. The van der Waals surface area contributed by atoms with E-state index in [-0.39, 0.29) is 5.91 Å². The predicted octanol–water partition coefficient (Wildman–Crippen LogP) is 3.41. The van der Waals surface area contributed by atoms with Crippen molar-refractivity contribution in [3.8, 4) is 11.3 Å². The first-order valence-electron chi connectivity index (χ1n) is 9.73. The van der Waals surface area contributed by atoms with E-state index in [1.165, 1.54) is 11.1 Å². The summed E-state index contributed by atoms with van der Waals surface area (Å²) in [5.74, 6) is -0.0757. The van der Waals surface area contributed by atoms with Crippen molar-refractivity contribution in [2.75, 3.05) is 33.2 Å². The molecule has 2 heterocycles. The van der Waals surface area contributed by atoms with Crippen molar-refractivity contribution < 1.29 is 4.79 Å². The van der Waals surface area contributed by atoms with E-state index in [1.54, 1.807) is 0 Å². The lowest BCUT2D eigenvalue weighted by atomic mass is 10.0. The summed E-state index contributed by atoms with van der Waals surface area (Å²) in [7, 11) is 2.10. The van der Waals surface area contributed by atoms with E-state index >= 15 is 0 Å². The summed E-state index contributed by atoms with van der Waals surface area (Å²) in [4.78, 5) is 20.2. The fraction of sp³-hybridized carbons (Fsp3) is 0.304. The van der Waals surface area contributed by atoms with Gasteiger partial charge >= 0.3 is 0 Å². The Morgan fingerprint density at radius 3 is 2.46 bits per heavy atom. The summed E-state index contributed by atoms with van der Waals surface area (Å²) < 4.78 is 0. The number of likely N-dealkylation sites (N-methyl/N-ethyl adjacent to an activating group) is 1. The van der Waals surface area contributed by atoms with E-state index in [0.717, 1.165) is 48.3 Å². The van der Waals surface area contributed by atoms with Crippen molar-refractivity contribution in [3.05, 3.63) is 65.2 Å². The molecule has 1 amide bonds. The molecule has 1 fully saturated rings. The highest BCUT2D eigenvalue weighted by Crippen LogP contribution is 2.26. The van der Waals surface area contributed by atoms with Crippen LogP contribution in [0.25, 0.3) is 22.2 Å². The number of hydrogen-bond donors (Lipinski definition) is 1. The fourth-order valence-electron chi connectivity index (χ4n) is 3.53. The number of aromatic nitrogens is 1. The summed E-state index contributed by atoms with van der Waals surface area (Å²) in [6, 6.07) is 16.1. The van der Waals surface area contributed by atoms with Crippen LogP contribution in [0.15, 0.2) is 48.5 Å². The minimum absolute atomic E-state index is 0.0757. The van der Waals surface area contributed by atoms with Crippen LogP contribution >= 0.6 is 0 Å². The molecule has 0 bridgehead atoms. The number of fused-ring (bicyclic) bond motifs is 1. The molecule has 0 atom stereocenters. The SMILES string of the molecule is Cc1ccc(-c2cc(C(=O)NN3CCN(C)CC3)c3ccccc3n2)cc1C. The van der Waals surface area contributed by atoms with Gasteiger partial charge in [-0.1, -0.05) is 30.3 Å². The normalized spacial score (nSPS) is 15.7. The maximum atomic E-state index is 13.1. The zero-order valence-electron chi connectivity index (χ0n) is 16.7. The Kier molecular flexibility index (Phi) is 5.11. The first-order chi connectivity index (χ1) is 13.5. The number of amides is 1. The van der Waals surface area contributed by atoms with Gasteiger partial charge in [0.15, 0.2) is 0 Å². The number of carbonyl (C=O) groups excluding carboxylic acids is 1. The van der Waals surface area contributed by atoms with Crippen molar-refractivity contribution >= 4 is 16.8 Å². The fourth-order valence-corrected chi connectivity index (χ4v) is 3.53. The molecule has 0 saturated carbocycles. The van der Waals surface area contributed by atoms with Gasteiger partial charge in [0.25, 0.3) is 5.91 Å². The van der Waals surface area contributed by atoms with Crippen LogP contribution in [-0.4, -0.2) is 54.0 Å². The highest BCUT2D eigenvalue weighted by Gasteiger charge is 2.19. The standard InChI is InChI=1S/C23H26N4O/c1-16-8-9-18(14-17(16)2)22-15-20(19-6-4-5-7-21(19)24-22)23(28)25-27-12-10-26(3)11-13-27/h4-9,14-15H,10-13H2,1-3H3,(H,25,28). The molecule has 1 aliphatic heterocycles. The van der Waals surface area contributed by atoms with Crippen molar-refractivity contribution in [1.82, 2.24) is 20.3 Å². The maximum absolute atomic E-state index is 13.1. The molecule has 1 saturated heterocycles. The van der Waals surface area contributed by atoms with Gasteiger partial charge in [0, 0.05) is 37.1 Å². The van der Waals surface area contributed by atoms with E-state index in [0.29, 0.717) is 5.56 Å². The molecule has 144 valence electrons. The molecule has 1 aromatic heterocycles. The summed E-state index contributed by atoms with van der Waals surface area (Å²) in [5.41, 5.74) is 8.91. The topological polar surface area (TPSA) is 48.5 Å². The van der Waals surface area contributed by atoms with Crippen LogP contribution in [-0.2, 0) is 0 Å². The van der Waals surface area contributed by atoms with Crippen LogP contribution in [0.1, 0.15) is 21.5 Å². The smallest absolute Gasteiger partial charge is 0.266 e. The van der Waals surface area contributed by atoms with Crippen LogP contribution in [0.4, 0.5) is 0 Å². The molecule has 1 aliphatic rings. The third kappa shape index (κ3) is 3.77. The monoisotopic (exact) mass is 374 g/mol. The zero-order chi connectivity index (χ0) is 19.7. The summed E-state index contributed by atoms with van der Waals surface area (Å²) >= 11 is 0. The molecule has 28 heavy (non-hydrogen) atoms. The molecular formula is C23H26N4O. The van der Waals surface area contributed by atoms with Crippen LogP contribution < -0.4 is 5.43 Å². The lowest BCUT2D eigenvalue weighted by Gasteiger charge is -2.32.